The molecule has 0 unspecified atom stereocenters. The Morgan fingerprint density at radius 1 is 0.270 bits per heavy atom. The van der Waals surface area contributed by atoms with Gasteiger partial charge in [-0.1, -0.05) is 0 Å². The van der Waals surface area contributed by atoms with Crippen molar-refractivity contribution in [3.05, 3.63) is 98.3 Å². The molecule has 37 heavy (non-hydrogen) atoms. The predicted octanol–water partition coefficient (Wildman–Crippen LogP) is 8.27. The Labute approximate surface area is 194 Å². The van der Waals surface area contributed by atoms with Gasteiger partial charge in [0.1, 0.15) is 5.82 Å². The van der Waals surface area contributed by atoms with Crippen molar-refractivity contribution >= 4 is 33.7 Å². The highest BCUT2D eigenvalue weighted by Gasteiger charge is 2.31. The maximum Gasteiger partial charge on any atom is 0.198 e. The highest BCUT2D eigenvalue weighted by Crippen LogP contribution is 2.37. The lowest BCUT2D eigenvalue weighted by Gasteiger charge is -2.11. The van der Waals surface area contributed by atoms with Gasteiger partial charge >= 0.3 is 0 Å². The SMILES string of the molecule is Fc1c(F)c(F)c2c(F)c(C=C=Cc3c(F)c(F)c(F)c4c(F)c(F)c(F)c(F)c34)c(F)c(F)c2c1F. The molecule has 4 aromatic rings. The molecule has 0 atom stereocenters. The van der Waals surface area contributed by atoms with Gasteiger partial charge in [-0.05, 0) is 12.2 Å². The molecule has 0 aliphatic rings. The van der Waals surface area contributed by atoms with Crippen molar-refractivity contribution in [2.75, 3.05) is 0 Å². The summed E-state index contributed by atoms with van der Waals surface area (Å²) < 4.78 is 196. The molecule has 0 nitrogen and oxygen atoms in total. The van der Waals surface area contributed by atoms with Crippen LogP contribution in [0.5, 0.6) is 0 Å². The maximum absolute atomic E-state index is 14.7. The van der Waals surface area contributed by atoms with E-state index < -0.39 is 114 Å². The summed E-state index contributed by atoms with van der Waals surface area (Å²) in [5, 5.41) is -7.48. The van der Waals surface area contributed by atoms with Crippen molar-refractivity contribution in [3.8, 4) is 0 Å². The van der Waals surface area contributed by atoms with Crippen LogP contribution in [0.2, 0.25) is 0 Å². The average molecular weight is 544 g/mol. The third kappa shape index (κ3) is 3.54. The number of halogens is 14. The Morgan fingerprint density at radius 3 is 1.00 bits per heavy atom. The number of rotatable bonds is 2. The zero-order chi connectivity index (χ0) is 27.7. The minimum atomic E-state index is -2.59. The third-order valence-corrected chi connectivity index (χ3v) is 5.20. The van der Waals surface area contributed by atoms with E-state index in [4.69, 9.17) is 0 Å². The minimum absolute atomic E-state index is 0.00319. The molecule has 0 fully saturated rings. The Morgan fingerprint density at radius 2 is 0.541 bits per heavy atom. The lowest BCUT2D eigenvalue weighted by molar-refractivity contribution is 0.410. The standard InChI is InChI=1S/C23H2F14/c24-10-5(12(26)14(28)9-8(10)17(31)22(36)23(37)18(9)32)3-1-2-4-6-7(15(29)19(33)11(4)25)16(30)21(35)20(34)13(6)27/h2-3H. The van der Waals surface area contributed by atoms with E-state index in [-0.39, 0.29) is 12.2 Å². The van der Waals surface area contributed by atoms with Crippen LogP contribution in [0.15, 0.2) is 5.73 Å². The highest BCUT2D eigenvalue weighted by molar-refractivity contribution is 5.93. The van der Waals surface area contributed by atoms with Gasteiger partial charge in [-0.3, -0.25) is 0 Å². The van der Waals surface area contributed by atoms with Gasteiger partial charge in [0.25, 0.3) is 0 Å². The van der Waals surface area contributed by atoms with E-state index in [2.05, 4.69) is 0 Å². The molecule has 0 aliphatic heterocycles. The molecule has 0 saturated carbocycles. The van der Waals surface area contributed by atoms with Crippen molar-refractivity contribution in [2.45, 2.75) is 0 Å². The minimum Gasteiger partial charge on any atom is -0.205 e. The first-order valence-electron chi connectivity index (χ1n) is 9.30. The monoisotopic (exact) mass is 544 g/mol. The van der Waals surface area contributed by atoms with Crippen LogP contribution in [-0.2, 0) is 0 Å². The molecule has 4 rings (SSSR count). The largest absolute Gasteiger partial charge is 0.205 e. The van der Waals surface area contributed by atoms with Crippen molar-refractivity contribution in [1.82, 2.24) is 0 Å². The van der Waals surface area contributed by atoms with E-state index in [1.807, 2.05) is 0 Å². The summed E-state index contributed by atoms with van der Waals surface area (Å²) in [4.78, 5) is 0. The van der Waals surface area contributed by atoms with E-state index in [1.54, 1.807) is 5.73 Å². The van der Waals surface area contributed by atoms with Crippen LogP contribution in [-0.4, -0.2) is 0 Å². The lowest BCUT2D eigenvalue weighted by atomic mass is 10.00. The van der Waals surface area contributed by atoms with Crippen molar-refractivity contribution in [1.29, 1.82) is 0 Å². The van der Waals surface area contributed by atoms with Gasteiger partial charge in [-0.25, -0.2) is 61.5 Å². The first-order valence-corrected chi connectivity index (χ1v) is 9.30. The van der Waals surface area contributed by atoms with Crippen LogP contribution >= 0.6 is 0 Å². The van der Waals surface area contributed by atoms with Crippen LogP contribution < -0.4 is 0 Å². The molecule has 0 heterocycles. The molecule has 0 spiro atoms. The average Bonchev–Trinajstić information content (AvgIpc) is 2.87. The number of hydrogen-bond acceptors (Lipinski definition) is 0. The van der Waals surface area contributed by atoms with Crippen molar-refractivity contribution in [3.63, 3.8) is 0 Å². The molecule has 0 saturated heterocycles. The molecule has 0 aromatic heterocycles. The molecule has 0 bridgehead atoms. The topological polar surface area (TPSA) is 0 Å². The normalized spacial score (nSPS) is 11.4. The first-order chi connectivity index (χ1) is 17.2. The van der Waals surface area contributed by atoms with Crippen LogP contribution in [0.3, 0.4) is 0 Å². The summed E-state index contributed by atoms with van der Waals surface area (Å²) >= 11 is 0. The van der Waals surface area contributed by atoms with Gasteiger partial charge < -0.3 is 0 Å². The van der Waals surface area contributed by atoms with Crippen LogP contribution in [0.1, 0.15) is 11.1 Å². The Hall–Kier alpha value is -4.06. The van der Waals surface area contributed by atoms with Gasteiger partial charge in [0, 0.05) is 10.9 Å². The summed E-state index contributed by atoms with van der Waals surface area (Å²) in [5.41, 5.74) is -1.67. The van der Waals surface area contributed by atoms with E-state index in [9.17, 15) is 61.5 Å². The van der Waals surface area contributed by atoms with E-state index in [0.717, 1.165) is 0 Å². The number of hydrogen-bond donors (Lipinski definition) is 0. The predicted molar refractivity (Wildman–Crippen MR) is 99.7 cm³/mol. The summed E-state index contributed by atoms with van der Waals surface area (Å²) in [6, 6.07) is 0. The Kier molecular flexibility index (Phi) is 6.19. The van der Waals surface area contributed by atoms with Gasteiger partial charge in [-0.15, -0.1) is 5.73 Å². The molecule has 0 amide bonds. The summed E-state index contributed by atoms with van der Waals surface area (Å²) in [7, 11) is 0. The zero-order valence-corrected chi connectivity index (χ0v) is 16.9. The molecule has 192 valence electrons. The van der Waals surface area contributed by atoms with Crippen molar-refractivity contribution in [2.24, 2.45) is 0 Å². The van der Waals surface area contributed by atoms with Crippen LogP contribution in [0.25, 0.3) is 33.7 Å². The molecular formula is C23H2F14. The Balaban J connectivity index is 2.07. The Bertz CT molecular complexity index is 1740. The van der Waals surface area contributed by atoms with Gasteiger partial charge in [0.05, 0.1) is 21.7 Å². The van der Waals surface area contributed by atoms with E-state index in [1.165, 1.54) is 0 Å². The van der Waals surface area contributed by atoms with Gasteiger partial charge in [0.2, 0.25) is 0 Å². The quantitative estimate of drug-likeness (QED) is 0.103. The van der Waals surface area contributed by atoms with E-state index >= 15 is 0 Å². The van der Waals surface area contributed by atoms with E-state index in [0.29, 0.717) is 0 Å². The fourth-order valence-electron chi connectivity index (χ4n) is 3.50. The zero-order valence-electron chi connectivity index (χ0n) is 16.9. The third-order valence-electron chi connectivity index (χ3n) is 5.20. The first kappa shape index (κ1) is 26.0. The molecule has 0 radical (unpaired) electrons. The van der Waals surface area contributed by atoms with Crippen LogP contribution in [0.4, 0.5) is 61.5 Å². The summed E-state index contributed by atoms with van der Waals surface area (Å²) in [6.45, 7) is 0. The molecule has 0 N–H and O–H groups in total. The molecule has 4 aromatic carbocycles. The second-order valence-electron chi connectivity index (χ2n) is 7.18. The molecule has 14 heteroatoms. The fraction of sp³-hybridized carbons (Fsp3) is 0. The smallest absolute Gasteiger partial charge is 0.198 e. The highest BCUT2D eigenvalue weighted by atomic mass is 19.2. The van der Waals surface area contributed by atoms with Gasteiger partial charge in [-0.2, -0.15) is 0 Å². The van der Waals surface area contributed by atoms with Crippen molar-refractivity contribution < 1.29 is 61.5 Å². The van der Waals surface area contributed by atoms with Gasteiger partial charge in [0.15, 0.2) is 75.6 Å². The number of benzene rings is 4. The lowest BCUT2D eigenvalue weighted by Crippen LogP contribution is -2.06. The second kappa shape index (κ2) is 8.80. The summed E-state index contributed by atoms with van der Waals surface area (Å²) in [5.74, 6) is -34.5. The molecular weight excluding hydrogens is 542 g/mol. The van der Waals surface area contributed by atoms with Crippen LogP contribution in [0, 0.1) is 81.4 Å². The maximum atomic E-state index is 14.7. The fourth-order valence-corrected chi connectivity index (χ4v) is 3.50. The summed E-state index contributed by atoms with van der Waals surface area (Å²) in [6.07, 6.45) is -0.0321. The second-order valence-corrected chi connectivity index (χ2v) is 7.18. The molecule has 0 aliphatic carbocycles. The number of fused-ring (bicyclic) bond motifs is 2.